The second kappa shape index (κ2) is 21.2. The summed E-state index contributed by atoms with van der Waals surface area (Å²) in [6.07, 6.45) is -0.586. The molecule has 2 atom stereocenters. The monoisotopic (exact) mass is 810 g/mol. The Morgan fingerprint density at radius 2 is 1.72 bits per heavy atom. The number of nitro benzene ring substituents is 1. The Labute approximate surface area is 337 Å². The van der Waals surface area contributed by atoms with E-state index in [0.29, 0.717) is 42.7 Å². The molecular formula is C41H54N4O13. The molecule has 3 N–H and O–H groups in total. The molecule has 1 aliphatic heterocycles. The van der Waals surface area contributed by atoms with E-state index in [1.165, 1.54) is 30.2 Å². The fourth-order valence-electron chi connectivity index (χ4n) is 6.74. The number of nitro groups is 1. The fraction of sp³-hybridized carbons (Fsp3) is 0.512. The number of benzene rings is 2. The summed E-state index contributed by atoms with van der Waals surface area (Å²) >= 11 is 0. The van der Waals surface area contributed by atoms with Crippen molar-refractivity contribution in [2.75, 3.05) is 46.6 Å². The Morgan fingerprint density at radius 1 is 1.02 bits per heavy atom. The number of amides is 2. The molecule has 4 rings (SSSR count). The van der Waals surface area contributed by atoms with Crippen LogP contribution in [0, 0.1) is 10.1 Å². The molecule has 2 aromatic carbocycles. The maximum atomic E-state index is 13.4. The molecule has 1 aliphatic carbocycles. The molecule has 1 saturated carbocycles. The number of dihydropyridines is 1. The highest BCUT2D eigenvalue weighted by molar-refractivity contribution is 6.00. The number of hydrogen-bond acceptors (Lipinski definition) is 14. The van der Waals surface area contributed by atoms with Crippen LogP contribution in [-0.4, -0.2) is 110 Å². The van der Waals surface area contributed by atoms with Crippen molar-refractivity contribution in [1.82, 2.24) is 15.5 Å². The van der Waals surface area contributed by atoms with Crippen LogP contribution in [0.25, 0.3) is 0 Å². The molecule has 2 unspecified atom stereocenters. The van der Waals surface area contributed by atoms with Crippen LogP contribution in [0.15, 0.2) is 77.1 Å². The number of aliphatic hydroxyl groups excluding tert-OH is 1. The van der Waals surface area contributed by atoms with Gasteiger partial charge in [0.05, 0.1) is 61.2 Å². The van der Waals surface area contributed by atoms with Gasteiger partial charge in [-0.15, -0.1) is 0 Å². The number of carbonyl (C=O) groups is 4. The van der Waals surface area contributed by atoms with Crippen molar-refractivity contribution in [2.24, 2.45) is 0 Å². The van der Waals surface area contributed by atoms with Gasteiger partial charge in [-0.3, -0.25) is 10.1 Å². The van der Waals surface area contributed by atoms with Gasteiger partial charge in [0, 0.05) is 30.4 Å². The first-order valence-electron chi connectivity index (χ1n) is 19.2. The lowest BCUT2D eigenvalue weighted by Crippen LogP contribution is -2.49. The van der Waals surface area contributed by atoms with Crippen LogP contribution in [0.1, 0.15) is 71.8 Å². The van der Waals surface area contributed by atoms with Crippen LogP contribution >= 0.6 is 0 Å². The van der Waals surface area contributed by atoms with Crippen LogP contribution in [-0.2, 0) is 33.3 Å². The quantitative estimate of drug-likeness (QED) is 0.0610. The van der Waals surface area contributed by atoms with Crippen molar-refractivity contribution < 1.29 is 57.6 Å². The molecule has 2 aromatic rings. The van der Waals surface area contributed by atoms with Gasteiger partial charge in [0.25, 0.3) is 5.69 Å². The summed E-state index contributed by atoms with van der Waals surface area (Å²) in [5.41, 5.74) is 0.0697. The van der Waals surface area contributed by atoms with Crippen molar-refractivity contribution >= 4 is 29.8 Å². The number of non-ortho nitro benzene ring substituents is 1. The van der Waals surface area contributed by atoms with Gasteiger partial charge >= 0.3 is 24.1 Å². The summed E-state index contributed by atoms with van der Waals surface area (Å²) in [7, 11) is 1.20. The minimum absolute atomic E-state index is 0.00384. The van der Waals surface area contributed by atoms with E-state index in [2.05, 4.69) is 10.6 Å². The maximum Gasteiger partial charge on any atom is 0.410 e. The van der Waals surface area contributed by atoms with E-state index < -0.39 is 52.8 Å². The summed E-state index contributed by atoms with van der Waals surface area (Å²) in [4.78, 5) is 64.9. The van der Waals surface area contributed by atoms with Crippen LogP contribution in [0.5, 0.6) is 5.75 Å². The Bertz CT molecular complexity index is 1820. The number of para-hydroxylation sites is 1. The first kappa shape index (κ1) is 45.0. The van der Waals surface area contributed by atoms with Gasteiger partial charge in [0.2, 0.25) is 0 Å². The maximum absolute atomic E-state index is 13.4. The molecule has 17 heteroatoms. The fourth-order valence-corrected chi connectivity index (χ4v) is 6.74. The highest BCUT2D eigenvalue weighted by Gasteiger charge is 2.39. The summed E-state index contributed by atoms with van der Waals surface area (Å²) < 4.78 is 33.2. The van der Waals surface area contributed by atoms with Crippen molar-refractivity contribution in [3.8, 4) is 5.75 Å². The standard InChI is InChI=1S/C41H54N4O13/c1-7-55-38(48)36-33(43-26(2)34(37(47)53-6)35(36)27-12-11-13-29(22-27)45(51)52)25-54-21-20-42-39(49)57-32-18-16-28(17-19-32)44(40(50)58-41(3,4)5)23-30(46)24-56-31-14-9-8-10-15-31/h8-15,22,28,30,32,35,43,46H,7,16-21,23-25H2,1-6H3,(H,42,49). The summed E-state index contributed by atoms with van der Waals surface area (Å²) in [5.74, 6) is -1.95. The van der Waals surface area contributed by atoms with Crippen LogP contribution in [0.4, 0.5) is 15.3 Å². The first-order valence-corrected chi connectivity index (χ1v) is 19.2. The number of allylic oxidation sites excluding steroid dienone is 1. The zero-order valence-electron chi connectivity index (χ0n) is 33.8. The Kier molecular flexibility index (Phi) is 16.4. The lowest BCUT2D eigenvalue weighted by molar-refractivity contribution is -0.384. The van der Waals surface area contributed by atoms with Crippen molar-refractivity contribution in [2.45, 2.75) is 90.1 Å². The van der Waals surface area contributed by atoms with Crippen molar-refractivity contribution in [3.05, 3.63) is 92.8 Å². The zero-order chi connectivity index (χ0) is 42.4. The highest BCUT2D eigenvalue weighted by Crippen LogP contribution is 2.40. The van der Waals surface area contributed by atoms with Crippen molar-refractivity contribution in [1.29, 1.82) is 0 Å². The number of methoxy groups -OCH3 is 1. The number of alkyl carbamates (subject to hydrolysis) is 1. The molecule has 0 spiro atoms. The average Bonchev–Trinajstić information content (AvgIpc) is 3.18. The number of nitrogens with zero attached hydrogens (tertiary/aromatic N) is 2. The SMILES string of the molecule is CCOC(=O)C1=C(COCCNC(=O)OC2CCC(N(CC(O)COc3ccccc3)C(=O)OC(C)(C)C)CC2)NC(C)=C(C(=O)OC)C1c1cccc([N+](=O)[O-])c1. The second-order valence-electron chi connectivity index (χ2n) is 14.8. The van der Waals surface area contributed by atoms with Gasteiger partial charge in [0.1, 0.15) is 30.2 Å². The van der Waals surface area contributed by atoms with Gasteiger partial charge in [-0.2, -0.15) is 0 Å². The van der Waals surface area contributed by atoms with Crippen LogP contribution in [0.2, 0.25) is 0 Å². The average molecular weight is 811 g/mol. The normalized spacial score (nSPS) is 18.6. The van der Waals surface area contributed by atoms with E-state index in [-0.39, 0.29) is 68.1 Å². The predicted molar refractivity (Wildman–Crippen MR) is 210 cm³/mol. The molecule has 2 aliphatic rings. The van der Waals surface area contributed by atoms with Gasteiger partial charge in [0.15, 0.2) is 0 Å². The predicted octanol–water partition coefficient (Wildman–Crippen LogP) is 5.28. The van der Waals surface area contributed by atoms with E-state index in [4.69, 9.17) is 28.4 Å². The number of esters is 2. The molecule has 1 heterocycles. The smallest absolute Gasteiger partial charge is 0.410 e. The van der Waals surface area contributed by atoms with Crippen molar-refractivity contribution in [3.63, 3.8) is 0 Å². The molecule has 0 saturated heterocycles. The molecule has 2 amide bonds. The minimum atomic E-state index is -1.07. The Balaban J connectivity index is 1.32. The Hall–Kier alpha value is -5.68. The van der Waals surface area contributed by atoms with Gasteiger partial charge in [-0.25, -0.2) is 19.2 Å². The van der Waals surface area contributed by atoms with Crippen LogP contribution in [0.3, 0.4) is 0 Å². The van der Waals surface area contributed by atoms with Gasteiger partial charge in [-0.05, 0) is 78.0 Å². The summed E-state index contributed by atoms with van der Waals surface area (Å²) in [6, 6.07) is 14.4. The number of carbonyl (C=O) groups excluding carboxylic acids is 4. The second-order valence-corrected chi connectivity index (χ2v) is 14.8. The molecule has 0 radical (unpaired) electrons. The molecule has 17 nitrogen and oxygen atoms in total. The van der Waals surface area contributed by atoms with E-state index in [9.17, 15) is 34.4 Å². The number of rotatable bonds is 17. The zero-order valence-corrected chi connectivity index (χ0v) is 33.8. The number of aliphatic hydroxyl groups is 1. The first-order chi connectivity index (χ1) is 27.6. The molecule has 1 fully saturated rings. The molecule has 316 valence electrons. The third-order valence-corrected chi connectivity index (χ3v) is 9.30. The van der Waals surface area contributed by atoms with Gasteiger partial charge < -0.3 is 49.1 Å². The largest absolute Gasteiger partial charge is 0.491 e. The summed E-state index contributed by atoms with van der Waals surface area (Å²) in [6.45, 7) is 8.49. The van der Waals surface area contributed by atoms with E-state index in [0.717, 1.165) is 0 Å². The summed E-state index contributed by atoms with van der Waals surface area (Å²) in [5, 5.41) is 28.1. The van der Waals surface area contributed by atoms with E-state index >= 15 is 0 Å². The van der Waals surface area contributed by atoms with Crippen LogP contribution < -0.4 is 15.4 Å². The van der Waals surface area contributed by atoms with Gasteiger partial charge in [-0.1, -0.05) is 30.3 Å². The molecule has 58 heavy (non-hydrogen) atoms. The van der Waals surface area contributed by atoms with E-state index in [1.54, 1.807) is 52.8 Å². The molecule has 0 aromatic heterocycles. The molecule has 0 bridgehead atoms. The third kappa shape index (κ3) is 12.9. The number of nitrogens with one attached hydrogen (secondary N) is 2. The highest BCUT2D eigenvalue weighted by atomic mass is 16.6. The number of ether oxygens (including phenoxy) is 6. The topological polar surface area (TPSA) is 214 Å². The van der Waals surface area contributed by atoms with E-state index in [1.807, 2.05) is 18.2 Å². The minimum Gasteiger partial charge on any atom is -0.491 e. The lowest BCUT2D eigenvalue weighted by atomic mass is 9.80. The Morgan fingerprint density at radius 3 is 2.36 bits per heavy atom. The number of hydrogen-bond donors (Lipinski definition) is 3. The third-order valence-electron chi connectivity index (χ3n) is 9.30. The molecular weight excluding hydrogens is 756 g/mol. The lowest BCUT2D eigenvalue weighted by Gasteiger charge is -2.38.